The van der Waals surface area contributed by atoms with Crippen LogP contribution in [0.15, 0.2) is 4.34 Å². The third-order valence-electron chi connectivity index (χ3n) is 1.26. The van der Waals surface area contributed by atoms with Crippen LogP contribution in [0.1, 0.15) is 16.7 Å². The van der Waals surface area contributed by atoms with Gasteiger partial charge in [0.1, 0.15) is 0 Å². The second-order valence-electron chi connectivity index (χ2n) is 2.51. The molecule has 0 aliphatic rings. The number of carbonyl (C=O) groups is 1. The van der Waals surface area contributed by atoms with Gasteiger partial charge in [-0.3, -0.25) is 4.79 Å². The summed E-state index contributed by atoms with van der Waals surface area (Å²) in [5.41, 5.74) is 0. The highest BCUT2D eigenvalue weighted by atomic mass is 32.2. The smallest absolute Gasteiger partial charge is 0.284 e. The third-order valence-corrected chi connectivity index (χ3v) is 3.19. The van der Waals surface area contributed by atoms with E-state index in [0.29, 0.717) is 5.01 Å². The standard InChI is InChI=1S/C7H11N3OS2/c1-4-12-7-9-8-5(13-7)6(11)10(2)3/h4H2,1-3H3. The number of rotatable bonds is 3. The Morgan fingerprint density at radius 3 is 2.77 bits per heavy atom. The van der Waals surface area contributed by atoms with Crippen molar-refractivity contribution in [2.45, 2.75) is 11.3 Å². The highest BCUT2D eigenvalue weighted by Crippen LogP contribution is 2.22. The summed E-state index contributed by atoms with van der Waals surface area (Å²) in [7, 11) is 3.41. The maximum absolute atomic E-state index is 11.4. The second kappa shape index (κ2) is 4.57. The minimum absolute atomic E-state index is 0.0829. The van der Waals surface area contributed by atoms with Gasteiger partial charge in [-0.2, -0.15) is 0 Å². The van der Waals surface area contributed by atoms with E-state index in [9.17, 15) is 4.79 Å². The van der Waals surface area contributed by atoms with Gasteiger partial charge in [-0.05, 0) is 5.75 Å². The molecule has 1 aromatic heterocycles. The molecule has 4 nitrogen and oxygen atoms in total. The van der Waals surface area contributed by atoms with Gasteiger partial charge in [0, 0.05) is 14.1 Å². The van der Waals surface area contributed by atoms with E-state index < -0.39 is 0 Å². The average molecular weight is 217 g/mol. The SMILES string of the molecule is CCSc1nnc(C(=O)N(C)C)s1. The molecule has 1 aromatic rings. The fourth-order valence-electron chi connectivity index (χ4n) is 0.669. The monoisotopic (exact) mass is 217 g/mol. The quantitative estimate of drug-likeness (QED) is 0.717. The first-order valence-corrected chi connectivity index (χ1v) is 5.63. The first-order valence-electron chi connectivity index (χ1n) is 3.83. The van der Waals surface area contributed by atoms with E-state index in [1.807, 2.05) is 6.92 Å². The second-order valence-corrected chi connectivity index (χ2v) is 4.99. The Balaban J connectivity index is 2.73. The molecule has 0 N–H and O–H groups in total. The van der Waals surface area contributed by atoms with Crippen molar-refractivity contribution in [2.75, 3.05) is 19.8 Å². The van der Waals surface area contributed by atoms with Gasteiger partial charge in [0.25, 0.3) is 5.91 Å². The Morgan fingerprint density at radius 2 is 2.23 bits per heavy atom. The zero-order valence-electron chi connectivity index (χ0n) is 7.77. The summed E-state index contributed by atoms with van der Waals surface area (Å²) < 4.78 is 0.854. The fraction of sp³-hybridized carbons (Fsp3) is 0.571. The lowest BCUT2D eigenvalue weighted by Gasteiger charge is -2.05. The Bertz CT molecular complexity index is 298. The predicted octanol–water partition coefficient (Wildman–Crippen LogP) is 1.35. The predicted molar refractivity (Wildman–Crippen MR) is 54.3 cm³/mol. The van der Waals surface area contributed by atoms with Gasteiger partial charge in [-0.1, -0.05) is 30.0 Å². The van der Waals surface area contributed by atoms with E-state index in [2.05, 4.69) is 10.2 Å². The molecule has 0 aliphatic heterocycles. The fourth-order valence-corrected chi connectivity index (χ4v) is 2.44. The highest BCUT2D eigenvalue weighted by molar-refractivity contribution is 8.01. The first kappa shape index (κ1) is 10.5. The molecule has 0 saturated carbocycles. The van der Waals surface area contributed by atoms with E-state index in [1.54, 1.807) is 25.9 Å². The molecule has 1 amide bonds. The van der Waals surface area contributed by atoms with Crippen LogP contribution in [0.25, 0.3) is 0 Å². The van der Waals surface area contributed by atoms with Crippen molar-refractivity contribution in [1.29, 1.82) is 0 Å². The summed E-state index contributed by atoms with van der Waals surface area (Å²) in [6.07, 6.45) is 0. The molecule has 0 unspecified atom stereocenters. The Labute approximate surface area is 85.3 Å². The van der Waals surface area contributed by atoms with Crippen LogP contribution in [-0.2, 0) is 0 Å². The van der Waals surface area contributed by atoms with Crippen LogP contribution in [-0.4, -0.2) is 40.9 Å². The summed E-state index contributed by atoms with van der Waals surface area (Å²) in [6, 6.07) is 0. The molecular weight excluding hydrogens is 206 g/mol. The molecule has 0 radical (unpaired) electrons. The number of hydrogen-bond acceptors (Lipinski definition) is 5. The Kier molecular flexibility index (Phi) is 3.68. The summed E-state index contributed by atoms with van der Waals surface area (Å²) in [5, 5.41) is 8.17. The molecule has 0 fully saturated rings. The van der Waals surface area contributed by atoms with Gasteiger partial charge >= 0.3 is 0 Å². The zero-order valence-corrected chi connectivity index (χ0v) is 9.41. The number of nitrogens with zero attached hydrogens (tertiary/aromatic N) is 3. The van der Waals surface area contributed by atoms with Crippen LogP contribution >= 0.6 is 23.1 Å². The first-order chi connectivity index (χ1) is 6.15. The topological polar surface area (TPSA) is 46.1 Å². The molecule has 72 valence electrons. The maximum Gasteiger partial charge on any atom is 0.284 e. The van der Waals surface area contributed by atoms with Crippen molar-refractivity contribution in [1.82, 2.24) is 15.1 Å². The van der Waals surface area contributed by atoms with Crippen molar-refractivity contribution in [2.24, 2.45) is 0 Å². The number of hydrogen-bond donors (Lipinski definition) is 0. The molecule has 0 saturated heterocycles. The van der Waals surface area contributed by atoms with Gasteiger partial charge in [0.15, 0.2) is 4.34 Å². The number of thioether (sulfide) groups is 1. The lowest BCUT2D eigenvalue weighted by Crippen LogP contribution is -2.21. The van der Waals surface area contributed by atoms with E-state index in [1.165, 1.54) is 16.2 Å². The van der Waals surface area contributed by atoms with Crippen LogP contribution in [0.4, 0.5) is 0 Å². The normalized spacial score (nSPS) is 10.1. The largest absolute Gasteiger partial charge is 0.343 e. The van der Waals surface area contributed by atoms with E-state index in [0.717, 1.165) is 10.1 Å². The molecule has 0 bridgehead atoms. The van der Waals surface area contributed by atoms with Crippen molar-refractivity contribution < 1.29 is 4.79 Å². The molecule has 6 heteroatoms. The summed E-state index contributed by atoms with van der Waals surface area (Å²) in [4.78, 5) is 12.9. The van der Waals surface area contributed by atoms with E-state index in [-0.39, 0.29) is 5.91 Å². The summed E-state index contributed by atoms with van der Waals surface area (Å²) in [6.45, 7) is 2.04. The van der Waals surface area contributed by atoms with Crippen LogP contribution in [0.5, 0.6) is 0 Å². The van der Waals surface area contributed by atoms with Gasteiger partial charge in [0.2, 0.25) is 5.01 Å². The van der Waals surface area contributed by atoms with Crippen molar-refractivity contribution in [3.63, 3.8) is 0 Å². The molecule has 13 heavy (non-hydrogen) atoms. The number of carbonyl (C=O) groups excluding carboxylic acids is 1. The van der Waals surface area contributed by atoms with Gasteiger partial charge in [-0.15, -0.1) is 10.2 Å². The van der Waals surface area contributed by atoms with Gasteiger partial charge in [0.05, 0.1) is 0 Å². The molecule has 0 atom stereocenters. The summed E-state index contributed by atoms with van der Waals surface area (Å²) >= 11 is 2.94. The van der Waals surface area contributed by atoms with Gasteiger partial charge in [-0.25, -0.2) is 0 Å². The summed E-state index contributed by atoms with van der Waals surface area (Å²) in [5.74, 6) is 0.866. The van der Waals surface area contributed by atoms with Crippen LogP contribution in [0, 0.1) is 0 Å². The van der Waals surface area contributed by atoms with Crippen molar-refractivity contribution in [3.05, 3.63) is 5.01 Å². The molecule has 0 aliphatic carbocycles. The van der Waals surface area contributed by atoms with E-state index >= 15 is 0 Å². The zero-order chi connectivity index (χ0) is 9.84. The Hall–Kier alpha value is -0.620. The molecule has 0 aromatic carbocycles. The van der Waals surface area contributed by atoms with E-state index in [4.69, 9.17) is 0 Å². The van der Waals surface area contributed by atoms with Gasteiger partial charge < -0.3 is 4.90 Å². The van der Waals surface area contributed by atoms with Crippen LogP contribution in [0.3, 0.4) is 0 Å². The molecule has 1 rings (SSSR count). The van der Waals surface area contributed by atoms with Crippen molar-refractivity contribution >= 4 is 29.0 Å². The number of amides is 1. The lowest BCUT2D eigenvalue weighted by molar-refractivity contribution is 0.0826. The Morgan fingerprint density at radius 1 is 1.54 bits per heavy atom. The van der Waals surface area contributed by atoms with Crippen molar-refractivity contribution in [3.8, 4) is 0 Å². The number of aromatic nitrogens is 2. The minimum atomic E-state index is -0.0829. The third kappa shape index (κ3) is 2.67. The maximum atomic E-state index is 11.4. The van der Waals surface area contributed by atoms with Crippen LogP contribution < -0.4 is 0 Å². The highest BCUT2D eigenvalue weighted by Gasteiger charge is 2.13. The average Bonchev–Trinajstić information content (AvgIpc) is 2.52. The molecular formula is C7H11N3OS2. The lowest BCUT2D eigenvalue weighted by atomic mass is 10.6. The minimum Gasteiger partial charge on any atom is -0.343 e. The molecule has 0 spiro atoms. The van der Waals surface area contributed by atoms with Crippen LogP contribution in [0.2, 0.25) is 0 Å². The molecule has 1 heterocycles.